The van der Waals surface area contributed by atoms with Gasteiger partial charge >= 0.3 is 0 Å². The van der Waals surface area contributed by atoms with E-state index in [1.54, 1.807) is 6.08 Å². The molecule has 0 aliphatic heterocycles. The molecule has 2 aromatic carbocycles. The summed E-state index contributed by atoms with van der Waals surface area (Å²) in [6, 6.07) is 16.8. The smallest absolute Gasteiger partial charge is 0.140 e. The first-order valence-corrected chi connectivity index (χ1v) is 9.17. The number of nitrogens with zero attached hydrogens (tertiary/aromatic N) is 2. The molecule has 2 nitrogen and oxygen atoms in total. The van der Waals surface area contributed by atoms with Gasteiger partial charge in [0.2, 0.25) is 0 Å². The van der Waals surface area contributed by atoms with Crippen molar-refractivity contribution in [3.63, 3.8) is 0 Å². The van der Waals surface area contributed by atoms with Crippen LogP contribution in [0.25, 0.3) is 28.0 Å². The van der Waals surface area contributed by atoms with Crippen LogP contribution in [0.15, 0.2) is 79.4 Å². The minimum Gasteiger partial charge on any atom is -0.327 e. The Morgan fingerprint density at radius 3 is 2.42 bits per heavy atom. The molecule has 0 N–H and O–H groups in total. The molecule has 3 aromatic rings. The van der Waals surface area contributed by atoms with E-state index in [4.69, 9.17) is 4.98 Å². The van der Waals surface area contributed by atoms with Crippen LogP contribution in [0.3, 0.4) is 0 Å². The Morgan fingerprint density at radius 2 is 1.77 bits per heavy atom. The van der Waals surface area contributed by atoms with Gasteiger partial charge in [-0.1, -0.05) is 81.1 Å². The first-order valence-electron chi connectivity index (χ1n) is 9.17. The van der Waals surface area contributed by atoms with Crippen molar-refractivity contribution in [2.24, 2.45) is 7.05 Å². The van der Waals surface area contributed by atoms with Crippen LogP contribution in [0.5, 0.6) is 0 Å². The average Bonchev–Trinajstić information content (AvgIpc) is 3.04. The van der Waals surface area contributed by atoms with Crippen molar-refractivity contribution in [1.82, 2.24) is 9.55 Å². The van der Waals surface area contributed by atoms with E-state index in [0.717, 1.165) is 28.8 Å². The summed E-state index contributed by atoms with van der Waals surface area (Å²) in [7, 11) is 2.07. The number of hydrogen-bond donors (Lipinski definition) is 0. The molecular formula is C24H28N2. The summed E-state index contributed by atoms with van der Waals surface area (Å²) in [5, 5.41) is 0. The van der Waals surface area contributed by atoms with Crippen LogP contribution >= 0.6 is 0 Å². The molecule has 0 saturated carbocycles. The number of imidazole rings is 1. The van der Waals surface area contributed by atoms with Gasteiger partial charge in [-0.15, -0.1) is 0 Å². The lowest BCUT2D eigenvalue weighted by Gasteiger charge is -2.05. The summed E-state index contributed by atoms with van der Waals surface area (Å²) >= 11 is 0. The van der Waals surface area contributed by atoms with Crippen LogP contribution in [-0.4, -0.2) is 9.55 Å². The molecule has 1 heterocycles. The Bertz CT molecular complexity index is 909. The molecule has 0 radical (unpaired) electrons. The number of rotatable bonds is 5. The van der Waals surface area contributed by atoms with E-state index in [0.29, 0.717) is 0 Å². The molecule has 134 valence electrons. The van der Waals surface area contributed by atoms with E-state index >= 15 is 0 Å². The maximum Gasteiger partial charge on any atom is 0.140 e. The molecule has 0 atom stereocenters. The molecule has 26 heavy (non-hydrogen) atoms. The van der Waals surface area contributed by atoms with Crippen molar-refractivity contribution in [2.45, 2.75) is 27.2 Å². The Balaban J connectivity index is 0.00000117. The highest BCUT2D eigenvalue weighted by Gasteiger charge is 2.09. The van der Waals surface area contributed by atoms with Gasteiger partial charge in [0.25, 0.3) is 0 Å². The number of allylic oxidation sites excluding steroid dienone is 5. The maximum absolute atomic E-state index is 4.76. The molecule has 1 aromatic heterocycles. The SMILES string of the molecule is C=C/C=C/C/C=C(\C)c1ccc(-c2nc3ccccc3n2C)cc1.CC. The van der Waals surface area contributed by atoms with E-state index in [1.807, 2.05) is 32.1 Å². The highest BCUT2D eigenvalue weighted by Crippen LogP contribution is 2.25. The summed E-state index contributed by atoms with van der Waals surface area (Å²) in [5.41, 5.74) is 5.84. The third kappa shape index (κ3) is 4.40. The fourth-order valence-corrected chi connectivity index (χ4v) is 2.82. The molecule has 0 saturated heterocycles. The predicted octanol–water partition coefficient (Wildman–Crippen LogP) is 6.80. The highest BCUT2D eigenvalue weighted by molar-refractivity contribution is 5.80. The van der Waals surface area contributed by atoms with E-state index in [1.165, 1.54) is 11.1 Å². The zero-order valence-corrected chi connectivity index (χ0v) is 16.2. The molecule has 0 amide bonds. The Kier molecular flexibility index (Phi) is 7.16. The fraction of sp³-hybridized carbons (Fsp3) is 0.208. The van der Waals surface area contributed by atoms with Crippen LogP contribution < -0.4 is 0 Å². The molecule has 0 unspecified atom stereocenters. The van der Waals surface area contributed by atoms with Gasteiger partial charge in [-0.25, -0.2) is 4.98 Å². The zero-order chi connectivity index (χ0) is 18.9. The van der Waals surface area contributed by atoms with Crippen LogP contribution in [0.4, 0.5) is 0 Å². The number of para-hydroxylation sites is 2. The molecule has 0 aliphatic rings. The lowest BCUT2D eigenvalue weighted by Crippen LogP contribution is -1.92. The van der Waals surface area contributed by atoms with Crippen LogP contribution in [0.1, 0.15) is 32.8 Å². The molecule has 2 heteroatoms. The molecule has 0 fully saturated rings. The quantitative estimate of drug-likeness (QED) is 0.465. The molecular weight excluding hydrogens is 316 g/mol. The topological polar surface area (TPSA) is 17.8 Å². The van der Waals surface area contributed by atoms with Gasteiger partial charge in [0.05, 0.1) is 11.0 Å². The second-order valence-corrected chi connectivity index (χ2v) is 5.85. The third-order valence-corrected chi connectivity index (χ3v) is 4.22. The number of hydrogen-bond acceptors (Lipinski definition) is 1. The Labute approximate surface area is 157 Å². The van der Waals surface area contributed by atoms with Crippen molar-refractivity contribution in [3.05, 3.63) is 85.0 Å². The fourth-order valence-electron chi connectivity index (χ4n) is 2.82. The summed E-state index contributed by atoms with van der Waals surface area (Å²) in [6.45, 7) is 9.83. The lowest BCUT2D eigenvalue weighted by molar-refractivity contribution is 0.959. The van der Waals surface area contributed by atoms with Crippen molar-refractivity contribution in [1.29, 1.82) is 0 Å². The van der Waals surface area contributed by atoms with Crippen LogP contribution in [-0.2, 0) is 7.05 Å². The number of benzene rings is 2. The minimum atomic E-state index is 0.921. The van der Waals surface area contributed by atoms with Crippen LogP contribution in [0.2, 0.25) is 0 Å². The first-order chi connectivity index (χ1) is 12.7. The van der Waals surface area contributed by atoms with E-state index in [9.17, 15) is 0 Å². The highest BCUT2D eigenvalue weighted by atomic mass is 15.1. The molecule has 0 spiro atoms. The van der Waals surface area contributed by atoms with E-state index in [2.05, 4.69) is 73.7 Å². The van der Waals surface area contributed by atoms with E-state index in [-0.39, 0.29) is 0 Å². The minimum absolute atomic E-state index is 0.921. The normalized spacial score (nSPS) is 11.5. The summed E-state index contributed by atoms with van der Waals surface area (Å²) in [4.78, 5) is 4.76. The van der Waals surface area contributed by atoms with E-state index < -0.39 is 0 Å². The predicted molar refractivity (Wildman–Crippen MR) is 115 cm³/mol. The number of aromatic nitrogens is 2. The standard InChI is InChI=1S/C22H22N2.C2H6/c1-4-5-6-7-10-17(2)18-13-15-19(16-14-18)22-23-20-11-8-9-12-21(20)24(22)3;1-2/h4-6,8-16H,1,7H2,2-3H3;1-2H3/b6-5+,17-10+;. The first kappa shape index (κ1) is 19.5. The second-order valence-electron chi connectivity index (χ2n) is 5.85. The van der Waals surface area contributed by atoms with Crippen LogP contribution in [0, 0.1) is 0 Å². The van der Waals surface area contributed by atoms with Gasteiger partial charge in [-0.2, -0.15) is 0 Å². The maximum atomic E-state index is 4.76. The number of aryl methyl sites for hydroxylation is 1. The molecule has 3 rings (SSSR count). The van der Waals surface area contributed by atoms with Crippen molar-refractivity contribution in [2.75, 3.05) is 0 Å². The summed E-state index contributed by atoms with van der Waals surface area (Å²) in [5.74, 6) is 0.998. The number of fused-ring (bicyclic) bond motifs is 1. The summed E-state index contributed by atoms with van der Waals surface area (Å²) < 4.78 is 2.15. The largest absolute Gasteiger partial charge is 0.327 e. The lowest BCUT2D eigenvalue weighted by atomic mass is 10.0. The average molecular weight is 345 g/mol. The van der Waals surface area contributed by atoms with Gasteiger partial charge < -0.3 is 4.57 Å². The third-order valence-electron chi connectivity index (χ3n) is 4.22. The molecule has 0 bridgehead atoms. The Hall–Kier alpha value is -2.87. The van der Waals surface area contributed by atoms with Gasteiger partial charge in [0.15, 0.2) is 0 Å². The summed E-state index contributed by atoms with van der Waals surface area (Å²) in [6.07, 6.45) is 9.02. The van der Waals surface area contributed by atoms with Gasteiger partial charge in [0, 0.05) is 12.6 Å². The van der Waals surface area contributed by atoms with Crippen molar-refractivity contribution < 1.29 is 0 Å². The van der Waals surface area contributed by atoms with Gasteiger partial charge in [-0.05, 0) is 36.6 Å². The van der Waals surface area contributed by atoms with Crippen molar-refractivity contribution >= 4 is 16.6 Å². The van der Waals surface area contributed by atoms with Gasteiger partial charge in [-0.3, -0.25) is 0 Å². The second kappa shape index (κ2) is 9.57. The zero-order valence-electron chi connectivity index (χ0n) is 16.2. The van der Waals surface area contributed by atoms with Crippen molar-refractivity contribution in [3.8, 4) is 11.4 Å². The monoisotopic (exact) mass is 344 g/mol. The Morgan fingerprint density at radius 1 is 1.08 bits per heavy atom. The molecule has 0 aliphatic carbocycles. The van der Waals surface area contributed by atoms with Gasteiger partial charge in [0.1, 0.15) is 5.82 Å².